The molecular weight excluding hydrogens is 568 g/mol. The van der Waals surface area contributed by atoms with Crippen molar-refractivity contribution in [2.45, 2.75) is 58.0 Å². The first kappa shape index (κ1) is 31.2. The maximum absolute atomic E-state index is 13.2. The summed E-state index contributed by atoms with van der Waals surface area (Å²) in [5.41, 5.74) is 4.26. The van der Waals surface area contributed by atoms with Crippen LogP contribution in [0.25, 0.3) is 0 Å². The molecule has 1 N–H and O–H groups in total. The third kappa shape index (κ3) is 7.65. The summed E-state index contributed by atoms with van der Waals surface area (Å²) in [5.74, 6) is 3.17. The number of carbonyl (C=O) groups excluding carboxylic acids is 1. The van der Waals surface area contributed by atoms with Crippen molar-refractivity contribution in [1.82, 2.24) is 4.72 Å². The second kappa shape index (κ2) is 15.0. The Morgan fingerprint density at radius 3 is 2.81 bits per heavy atom. The molecule has 5 unspecified atom stereocenters. The van der Waals surface area contributed by atoms with Crippen LogP contribution in [0.4, 0.5) is 5.69 Å². The number of aryl methyl sites for hydroxylation is 1. The van der Waals surface area contributed by atoms with Crippen molar-refractivity contribution in [3.05, 3.63) is 70.3 Å². The highest BCUT2D eigenvalue weighted by Gasteiger charge is 2.39. The fourth-order valence-electron chi connectivity index (χ4n) is 6.40. The molecule has 0 spiro atoms. The van der Waals surface area contributed by atoms with Gasteiger partial charge in [-0.05, 0) is 96.8 Å². The number of rotatable bonds is 7. The summed E-state index contributed by atoms with van der Waals surface area (Å²) in [6.45, 7) is 7.91. The highest BCUT2D eigenvalue weighted by Crippen LogP contribution is 2.43. The van der Waals surface area contributed by atoms with Gasteiger partial charge >= 0.3 is 0 Å². The van der Waals surface area contributed by atoms with Crippen LogP contribution in [0.15, 0.2) is 48.6 Å². The van der Waals surface area contributed by atoms with Crippen LogP contribution in [0.5, 0.6) is 5.75 Å². The number of anilines is 1. The molecule has 42 heavy (non-hydrogen) atoms. The smallest absolute Gasteiger partial charge is 0.261 e. The van der Waals surface area contributed by atoms with Gasteiger partial charge < -0.3 is 19.1 Å². The van der Waals surface area contributed by atoms with E-state index in [0.29, 0.717) is 43.1 Å². The van der Waals surface area contributed by atoms with Crippen molar-refractivity contribution < 1.29 is 19.0 Å². The molecule has 6 nitrogen and oxygen atoms in total. The van der Waals surface area contributed by atoms with E-state index in [1.807, 2.05) is 24.3 Å². The van der Waals surface area contributed by atoms with Crippen molar-refractivity contribution in [3.63, 3.8) is 0 Å². The molecule has 228 valence electrons. The Morgan fingerprint density at radius 2 is 2.02 bits per heavy atom. The van der Waals surface area contributed by atoms with Gasteiger partial charge in [-0.1, -0.05) is 50.1 Å². The zero-order chi connectivity index (χ0) is 29.5. The van der Waals surface area contributed by atoms with Gasteiger partial charge in [-0.2, -0.15) is 0 Å². The third-order valence-corrected chi connectivity index (χ3v) is 10.2. The fourth-order valence-corrected chi connectivity index (χ4v) is 7.35. The molecule has 1 aliphatic carbocycles. The summed E-state index contributed by atoms with van der Waals surface area (Å²) < 4.78 is 21.3. The molecule has 3 aliphatic rings. The Labute approximate surface area is 260 Å². The maximum Gasteiger partial charge on any atom is 0.261 e. The lowest BCUT2D eigenvalue weighted by molar-refractivity contribution is -0.0308. The first-order chi connectivity index (χ1) is 20.5. The van der Waals surface area contributed by atoms with E-state index in [4.69, 9.17) is 25.8 Å². The number of nitrogens with one attached hydrogen (secondary N) is 1. The number of amides is 1. The van der Waals surface area contributed by atoms with Crippen LogP contribution in [0.1, 0.15) is 66.9 Å². The number of halogens is 1. The van der Waals surface area contributed by atoms with E-state index >= 15 is 0 Å². The highest BCUT2D eigenvalue weighted by atomic mass is 35.5. The molecule has 0 aromatic heterocycles. The average molecular weight is 613 g/mol. The predicted molar refractivity (Wildman–Crippen MR) is 173 cm³/mol. The molecule has 1 amide bonds. The molecule has 0 saturated heterocycles. The Bertz CT molecular complexity index is 1240. The monoisotopic (exact) mass is 612 g/mol. The van der Waals surface area contributed by atoms with Gasteiger partial charge in [0.15, 0.2) is 0 Å². The highest BCUT2D eigenvalue weighted by molar-refractivity contribution is 7.97. The zero-order valence-corrected chi connectivity index (χ0v) is 26.7. The Kier molecular flexibility index (Phi) is 11.2. The first-order valence-corrected chi connectivity index (χ1v) is 16.8. The lowest BCUT2D eigenvalue weighted by atomic mass is 9.70. The van der Waals surface area contributed by atoms with Gasteiger partial charge in [-0.25, -0.2) is 0 Å². The van der Waals surface area contributed by atoms with Crippen LogP contribution in [0.3, 0.4) is 0 Å². The SMILES string of the molecule is CCCc1cc(Cl)ccc1C1COc2ccc3cc2N(C1)CC1CCC1C(OCCOC)/C=C/CC(C)CSNC3=O. The maximum atomic E-state index is 13.2. The van der Waals surface area contributed by atoms with Crippen molar-refractivity contribution in [1.29, 1.82) is 0 Å². The van der Waals surface area contributed by atoms with Crippen LogP contribution < -0.4 is 14.4 Å². The topological polar surface area (TPSA) is 60.0 Å². The minimum Gasteiger partial charge on any atom is -0.491 e. The van der Waals surface area contributed by atoms with Crippen LogP contribution in [0, 0.1) is 17.8 Å². The number of carbonyl (C=O) groups is 1. The van der Waals surface area contributed by atoms with E-state index in [0.717, 1.165) is 67.4 Å². The van der Waals surface area contributed by atoms with E-state index in [1.165, 1.54) is 23.1 Å². The summed E-state index contributed by atoms with van der Waals surface area (Å²) >= 11 is 7.91. The van der Waals surface area contributed by atoms with Crippen LogP contribution in [-0.2, 0) is 15.9 Å². The molecule has 2 aliphatic heterocycles. The van der Waals surface area contributed by atoms with Crippen molar-refractivity contribution >= 4 is 35.1 Å². The molecule has 1 saturated carbocycles. The quantitative estimate of drug-likeness (QED) is 0.201. The molecule has 2 aromatic rings. The number of benzene rings is 2. The van der Waals surface area contributed by atoms with E-state index in [2.05, 4.69) is 47.8 Å². The summed E-state index contributed by atoms with van der Waals surface area (Å²) in [7, 11) is 1.72. The van der Waals surface area contributed by atoms with Gasteiger partial charge in [0.05, 0.1) is 31.6 Å². The molecule has 2 bridgehead atoms. The Morgan fingerprint density at radius 1 is 1.14 bits per heavy atom. The lowest BCUT2D eigenvalue weighted by Crippen LogP contribution is -2.45. The van der Waals surface area contributed by atoms with Gasteiger partial charge in [0.2, 0.25) is 0 Å². The molecule has 1 fully saturated rings. The van der Waals surface area contributed by atoms with Crippen LogP contribution in [-0.4, -0.2) is 57.8 Å². The molecule has 8 heteroatoms. The van der Waals surface area contributed by atoms with E-state index in [1.54, 1.807) is 7.11 Å². The van der Waals surface area contributed by atoms with Crippen LogP contribution >= 0.6 is 23.5 Å². The Hall–Kier alpha value is -2.19. The number of fused-ring (bicyclic) bond motifs is 2. The van der Waals surface area contributed by atoms with E-state index in [9.17, 15) is 4.79 Å². The lowest BCUT2D eigenvalue weighted by Gasteiger charge is -2.44. The average Bonchev–Trinajstić information content (AvgIpc) is 3.14. The summed E-state index contributed by atoms with van der Waals surface area (Å²) in [4.78, 5) is 15.6. The molecule has 5 rings (SSSR count). The molecule has 5 atom stereocenters. The Balaban J connectivity index is 1.48. The summed E-state index contributed by atoms with van der Waals surface area (Å²) in [5, 5.41) is 0.776. The van der Waals surface area contributed by atoms with Gasteiger partial charge in [-0.3, -0.25) is 9.52 Å². The number of hydrogen-bond acceptors (Lipinski definition) is 6. The van der Waals surface area contributed by atoms with E-state index in [-0.39, 0.29) is 17.9 Å². The van der Waals surface area contributed by atoms with Gasteiger partial charge in [0.1, 0.15) is 5.75 Å². The number of hydrogen-bond donors (Lipinski definition) is 1. The van der Waals surface area contributed by atoms with Gasteiger partial charge in [0, 0.05) is 42.5 Å². The fraction of sp³-hybridized carbons (Fsp3) is 0.559. The largest absolute Gasteiger partial charge is 0.491 e. The minimum atomic E-state index is -0.0607. The zero-order valence-electron chi connectivity index (χ0n) is 25.2. The van der Waals surface area contributed by atoms with Gasteiger partial charge in [0.25, 0.3) is 5.91 Å². The molecular formula is C34H45ClN2O4S. The summed E-state index contributed by atoms with van der Waals surface area (Å²) in [6.07, 6.45) is 9.94. The normalized spacial score (nSPS) is 27.2. The second-order valence-corrected chi connectivity index (χ2v) is 13.3. The first-order valence-electron chi connectivity index (χ1n) is 15.5. The molecule has 2 aromatic carbocycles. The second-order valence-electron chi connectivity index (χ2n) is 12.0. The minimum absolute atomic E-state index is 0.0607. The predicted octanol–water partition coefficient (Wildman–Crippen LogP) is 7.31. The number of methoxy groups -OCH3 is 1. The number of nitrogens with zero attached hydrogens (tertiary/aromatic N) is 1. The summed E-state index contributed by atoms with van der Waals surface area (Å²) in [6, 6.07) is 12.2. The van der Waals surface area contributed by atoms with Gasteiger partial charge in [-0.15, -0.1) is 0 Å². The third-order valence-electron chi connectivity index (χ3n) is 8.85. The van der Waals surface area contributed by atoms with Crippen molar-refractivity contribution in [2.24, 2.45) is 17.8 Å². The van der Waals surface area contributed by atoms with E-state index < -0.39 is 0 Å². The number of ether oxygens (including phenoxy) is 3. The molecule has 2 heterocycles. The standard InChI is InChI=1S/C34H45ClN2O4S/c1-4-6-24-17-28(35)11-13-29(24)27-20-37-19-26-9-12-30(26)32(40-16-15-39-3)8-5-7-23(2)22-42-36-34(38)25-10-14-33(41-21-27)31(37)18-25/h5,8,10-11,13-14,17-18,23,26-27,30,32H,4,6-7,9,12,15-16,19-22H2,1-3H3,(H,36,38)/b8-5+. The van der Waals surface area contributed by atoms with Crippen molar-refractivity contribution in [3.8, 4) is 5.75 Å². The van der Waals surface area contributed by atoms with Crippen LogP contribution in [0.2, 0.25) is 5.02 Å². The number of allylic oxidation sites excluding steroid dienone is 1. The molecule has 0 radical (unpaired) electrons. The van der Waals surface area contributed by atoms with Crippen molar-refractivity contribution in [2.75, 3.05) is 50.7 Å².